The monoisotopic (exact) mass is 325 g/mol. The first kappa shape index (κ1) is 14.8. The third-order valence-electron chi connectivity index (χ3n) is 7.22. The number of furan rings is 1. The van der Waals surface area contributed by atoms with Crippen molar-refractivity contribution in [1.82, 2.24) is 4.90 Å². The van der Waals surface area contributed by atoms with Crippen LogP contribution < -0.4 is 0 Å². The van der Waals surface area contributed by atoms with Gasteiger partial charge < -0.3 is 9.52 Å². The highest BCUT2D eigenvalue weighted by molar-refractivity contribution is 5.84. The highest BCUT2D eigenvalue weighted by Gasteiger charge is 2.59. The van der Waals surface area contributed by atoms with E-state index < -0.39 is 0 Å². The lowest BCUT2D eigenvalue weighted by Crippen LogP contribution is -2.64. The zero-order valence-corrected chi connectivity index (χ0v) is 14.9. The summed E-state index contributed by atoms with van der Waals surface area (Å²) in [5.41, 5.74) is 3.06. The molecule has 1 saturated carbocycles. The third-order valence-corrected chi connectivity index (χ3v) is 7.22. The Morgan fingerprint density at radius 1 is 1.33 bits per heavy atom. The lowest BCUT2D eigenvalue weighted by molar-refractivity contribution is -0.114. The SMILES string of the molecule is CCC1(C)CC2(C)CC3c4oc5ccc(O)cc5c4CCN(C2)C31. The number of benzene rings is 1. The molecule has 1 N–H and O–H groups in total. The van der Waals surface area contributed by atoms with Crippen LogP contribution in [0, 0.1) is 10.8 Å². The van der Waals surface area contributed by atoms with Gasteiger partial charge in [-0.15, -0.1) is 0 Å². The van der Waals surface area contributed by atoms with Gasteiger partial charge in [0.15, 0.2) is 0 Å². The van der Waals surface area contributed by atoms with E-state index in [0.717, 1.165) is 23.9 Å². The molecular weight excluding hydrogens is 298 g/mol. The van der Waals surface area contributed by atoms with Gasteiger partial charge >= 0.3 is 0 Å². The average Bonchev–Trinajstić information content (AvgIpc) is 2.83. The van der Waals surface area contributed by atoms with Gasteiger partial charge in [-0.2, -0.15) is 0 Å². The van der Waals surface area contributed by atoms with Gasteiger partial charge in [-0.1, -0.05) is 20.8 Å². The maximum atomic E-state index is 9.92. The molecular formula is C21H27NO2. The van der Waals surface area contributed by atoms with Crippen LogP contribution in [0.15, 0.2) is 22.6 Å². The van der Waals surface area contributed by atoms with Crippen molar-refractivity contribution in [1.29, 1.82) is 0 Å². The Labute approximate surface area is 143 Å². The molecule has 3 fully saturated rings. The number of phenolic OH excluding ortho intramolecular Hbond substituents is 1. The minimum Gasteiger partial charge on any atom is -0.508 e. The van der Waals surface area contributed by atoms with Crippen molar-refractivity contribution in [3.63, 3.8) is 0 Å². The van der Waals surface area contributed by atoms with E-state index in [1.165, 1.54) is 37.1 Å². The molecule has 4 bridgehead atoms. The predicted molar refractivity (Wildman–Crippen MR) is 95.4 cm³/mol. The molecule has 0 radical (unpaired) electrons. The van der Waals surface area contributed by atoms with Crippen molar-refractivity contribution in [2.24, 2.45) is 10.8 Å². The number of rotatable bonds is 1. The quantitative estimate of drug-likeness (QED) is 0.827. The van der Waals surface area contributed by atoms with Crippen LogP contribution in [0.25, 0.3) is 11.0 Å². The number of nitrogens with zero attached hydrogens (tertiary/aromatic N) is 1. The fourth-order valence-corrected chi connectivity index (χ4v) is 6.44. The highest BCUT2D eigenvalue weighted by Crippen LogP contribution is 2.61. The Morgan fingerprint density at radius 2 is 2.17 bits per heavy atom. The summed E-state index contributed by atoms with van der Waals surface area (Å²) in [6.45, 7) is 9.68. The zero-order valence-electron chi connectivity index (χ0n) is 14.9. The molecule has 24 heavy (non-hydrogen) atoms. The summed E-state index contributed by atoms with van der Waals surface area (Å²) in [7, 11) is 0. The molecule has 3 nitrogen and oxygen atoms in total. The number of aromatic hydroxyl groups is 1. The van der Waals surface area contributed by atoms with Gasteiger partial charge in [0.1, 0.15) is 17.1 Å². The fourth-order valence-electron chi connectivity index (χ4n) is 6.44. The third kappa shape index (κ3) is 1.82. The fraction of sp³-hybridized carbons (Fsp3) is 0.619. The van der Waals surface area contributed by atoms with E-state index in [2.05, 4.69) is 25.7 Å². The lowest BCUT2D eigenvalue weighted by atomic mass is 9.52. The van der Waals surface area contributed by atoms with Crippen molar-refractivity contribution in [2.75, 3.05) is 13.1 Å². The van der Waals surface area contributed by atoms with E-state index in [4.69, 9.17) is 4.42 Å². The molecule has 2 aromatic rings. The summed E-state index contributed by atoms with van der Waals surface area (Å²) < 4.78 is 6.41. The van der Waals surface area contributed by atoms with Crippen molar-refractivity contribution >= 4 is 11.0 Å². The minimum absolute atomic E-state index is 0.338. The van der Waals surface area contributed by atoms with Gasteiger partial charge in [-0.25, -0.2) is 0 Å². The van der Waals surface area contributed by atoms with Crippen molar-refractivity contribution in [3.8, 4) is 5.75 Å². The topological polar surface area (TPSA) is 36.6 Å². The summed E-state index contributed by atoms with van der Waals surface area (Å²) >= 11 is 0. The number of phenols is 1. The zero-order chi connectivity index (χ0) is 16.7. The summed E-state index contributed by atoms with van der Waals surface area (Å²) in [4.78, 5) is 2.76. The molecule has 1 aromatic carbocycles. The first-order valence-corrected chi connectivity index (χ1v) is 9.41. The molecule has 0 amide bonds. The van der Waals surface area contributed by atoms with Crippen molar-refractivity contribution in [2.45, 2.75) is 58.4 Å². The van der Waals surface area contributed by atoms with E-state index in [9.17, 15) is 5.11 Å². The van der Waals surface area contributed by atoms with Crippen LogP contribution in [0.3, 0.4) is 0 Å². The smallest absolute Gasteiger partial charge is 0.134 e. The molecule has 5 unspecified atom stereocenters. The highest BCUT2D eigenvalue weighted by atomic mass is 16.3. The number of piperidine rings is 2. The molecule has 5 atom stereocenters. The van der Waals surface area contributed by atoms with Crippen LogP contribution in [0.2, 0.25) is 0 Å². The summed E-state index contributed by atoms with van der Waals surface area (Å²) in [5, 5.41) is 11.0. The largest absolute Gasteiger partial charge is 0.508 e. The van der Waals surface area contributed by atoms with E-state index >= 15 is 0 Å². The van der Waals surface area contributed by atoms with Gasteiger partial charge in [-0.05, 0) is 54.7 Å². The molecule has 6 rings (SSSR count). The molecule has 4 aliphatic rings. The van der Waals surface area contributed by atoms with Gasteiger partial charge in [-0.3, -0.25) is 4.90 Å². The Hall–Kier alpha value is -1.48. The van der Waals surface area contributed by atoms with Crippen molar-refractivity contribution in [3.05, 3.63) is 29.5 Å². The van der Waals surface area contributed by atoms with Crippen LogP contribution in [-0.4, -0.2) is 29.1 Å². The summed E-state index contributed by atoms with van der Waals surface area (Å²) in [5.74, 6) is 2.05. The Morgan fingerprint density at radius 3 is 2.96 bits per heavy atom. The molecule has 1 aromatic heterocycles. The van der Waals surface area contributed by atoms with E-state index in [1.807, 2.05) is 12.1 Å². The molecule has 3 aliphatic heterocycles. The molecule has 4 heterocycles. The molecule has 2 saturated heterocycles. The second kappa shape index (κ2) is 4.57. The van der Waals surface area contributed by atoms with E-state index in [0.29, 0.717) is 28.5 Å². The standard InChI is InChI=1S/C21H27NO2/c1-4-21(3)11-20(2)10-16-18-14(7-8-22(12-20)19(16)21)15-9-13(23)5-6-17(15)24-18/h5-6,9,16,19,23H,4,7-8,10-12H2,1-3H3. The average molecular weight is 325 g/mol. The van der Waals surface area contributed by atoms with Crippen LogP contribution in [0.1, 0.15) is 57.3 Å². The number of fused-ring (bicyclic) bond motifs is 4. The molecule has 3 heteroatoms. The first-order chi connectivity index (χ1) is 11.4. The second-order valence-electron chi connectivity index (χ2n) is 9.10. The Balaban J connectivity index is 1.72. The van der Waals surface area contributed by atoms with Crippen molar-refractivity contribution < 1.29 is 9.52 Å². The first-order valence-electron chi connectivity index (χ1n) is 9.41. The maximum Gasteiger partial charge on any atom is 0.134 e. The molecule has 0 spiro atoms. The van der Waals surface area contributed by atoms with Crippen LogP contribution in [-0.2, 0) is 6.42 Å². The van der Waals surface area contributed by atoms with Gasteiger partial charge in [0.25, 0.3) is 0 Å². The second-order valence-corrected chi connectivity index (χ2v) is 9.10. The van der Waals surface area contributed by atoms with Gasteiger partial charge in [0.2, 0.25) is 0 Å². The number of hydrogen-bond donors (Lipinski definition) is 1. The minimum atomic E-state index is 0.338. The van der Waals surface area contributed by atoms with Crippen LogP contribution >= 0.6 is 0 Å². The van der Waals surface area contributed by atoms with E-state index in [-0.39, 0.29) is 0 Å². The molecule has 1 aliphatic carbocycles. The van der Waals surface area contributed by atoms with Gasteiger partial charge in [0.05, 0.1) is 0 Å². The Bertz CT molecular complexity index is 825. The number of hydrogen-bond acceptors (Lipinski definition) is 3. The summed E-state index contributed by atoms with van der Waals surface area (Å²) in [6, 6.07) is 6.15. The molecule has 128 valence electrons. The normalized spacial score (nSPS) is 40.5. The predicted octanol–water partition coefficient (Wildman–Crippen LogP) is 4.68. The van der Waals surface area contributed by atoms with Crippen LogP contribution in [0.4, 0.5) is 0 Å². The van der Waals surface area contributed by atoms with Crippen LogP contribution in [0.5, 0.6) is 5.75 Å². The Kier molecular flexibility index (Phi) is 2.82. The van der Waals surface area contributed by atoms with Gasteiger partial charge in [0, 0.05) is 36.0 Å². The lowest BCUT2D eigenvalue weighted by Gasteiger charge is -2.62. The maximum absolute atomic E-state index is 9.92. The van der Waals surface area contributed by atoms with E-state index in [1.54, 1.807) is 6.07 Å². The summed E-state index contributed by atoms with van der Waals surface area (Å²) in [6.07, 6.45) is 4.85.